The van der Waals surface area contributed by atoms with Crippen LogP contribution in [-0.4, -0.2) is 30.8 Å². The van der Waals surface area contributed by atoms with Crippen molar-refractivity contribution in [3.05, 3.63) is 65.2 Å². The number of benzene rings is 2. The van der Waals surface area contributed by atoms with Crippen LogP contribution in [0.4, 0.5) is 11.4 Å². The second-order valence-corrected chi connectivity index (χ2v) is 8.55. The highest BCUT2D eigenvalue weighted by Crippen LogP contribution is 2.25. The summed E-state index contributed by atoms with van der Waals surface area (Å²) in [6.45, 7) is 3.00. The summed E-state index contributed by atoms with van der Waals surface area (Å²) in [6, 6.07) is 11.9. The number of carbonyl (C=O) groups excluding carboxylic acids is 2. The van der Waals surface area contributed by atoms with Crippen LogP contribution in [0.1, 0.15) is 66.9 Å². The van der Waals surface area contributed by atoms with Crippen molar-refractivity contribution in [2.24, 2.45) is 0 Å². The van der Waals surface area contributed by atoms with Crippen LogP contribution in [0, 0.1) is 0 Å². The van der Waals surface area contributed by atoms with Crippen LogP contribution >= 0.6 is 0 Å². The average molecular weight is 467 g/mol. The van der Waals surface area contributed by atoms with E-state index in [9.17, 15) is 9.59 Å². The van der Waals surface area contributed by atoms with Gasteiger partial charge in [-0.1, -0.05) is 25.5 Å². The van der Waals surface area contributed by atoms with Crippen molar-refractivity contribution < 1.29 is 23.8 Å². The first-order valence-electron chi connectivity index (χ1n) is 11.9. The molecule has 34 heavy (non-hydrogen) atoms. The van der Waals surface area contributed by atoms with Gasteiger partial charge in [0.2, 0.25) is 0 Å². The fraction of sp³-hybridized carbons (Fsp3) is 0.407. The van der Waals surface area contributed by atoms with Gasteiger partial charge in [-0.3, -0.25) is 0 Å². The summed E-state index contributed by atoms with van der Waals surface area (Å²) in [4.78, 5) is 24.5. The van der Waals surface area contributed by atoms with Crippen molar-refractivity contribution in [2.45, 2.75) is 64.3 Å². The predicted octanol–water partition coefficient (Wildman–Crippen LogP) is 4.89. The number of anilines is 2. The molecule has 0 saturated heterocycles. The quantitative estimate of drug-likeness (QED) is 0.222. The molecule has 0 aliphatic heterocycles. The molecule has 7 heteroatoms. The Morgan fingerprint density at radius 1 is 1.00 bits per heavy atom. The lowest BCUT2D eigenvalue weighted by Gasteiger charge is -2.28. The summed E-state index contributed by atoms with van der Waals surface area (Å²) in [7, 11) is 0. The van der Waals surface area contributed by atoms with Crippen LogP contribution in [-0.2, 0) is 25.6 Å². The highest BCUT2D eigenvalue weighted by molar-refractivity contribution is 5.90. The number of nitrogens with two attached hydrogens (primary N) is 2. The molecule has 1 aliphatic rings. The number of ether oxygens (including phenoxy) is 3. The summed E-state index contributed by atoms with van der Waals surface area (Å²) in [6.07, 6.45) is 8.88. The van der Waals surface area contributed by atoms with Gasteiger partial charge in [-0.25, -0.2) is 9.59 Å². The Hall–Kier alpha value is -3.32. The van der Waals surface area contributed by atoms with Crippen molar-refractivity contribution in [3.8, 4) is 0 Å². The first-order valence-corrected chi connectivity index (χ1v) is 11.9. The van der Waals surface area contributed by atoms with Gasteiger partial charge < -0.3 is 25.7 Å². The number of hydrogen-bond acceptors (Lipinski definition) is 7. The summed E-state index contributed by atoms with van der Waals surface area (Å²) in [5.41, 5.74) is 14.6. The highest BCUT2D eigenvalue weighted by atomic mass is 16.5. The van der Waals surface area contributed by atoms with E-state index in [1.54, 1.807) is 48.5 Å². The molecule has 4 N–H and O–H groups in total. The molecule has 1 aliphatic carbocycles. The zero-order valence-corrected chi connectivity index (χ0v) is 19.7. The van der Waals surface area contributed by atoms with Crippen LogP contribution in [0.5, 0.6) is 0 Å². The zero-order valence-electron chi connectivity index (χ0n) is 19.7. The van der Waals surface area contributed by atoms with E-state index in [2.05, 4.69) is 6.92 Å². The van der Waals surface area contributed by atoms with E-state index in [4.69, 9.17) is 25.7 Å². The van der Waals surface area contributed by atoms with Gasteiger partial charge in [0, 0.05) is 29.6 Å². The molecule has 182 valence electrons. The fourth-order valence-corrected chi connectivity index (χ4v) is 3.77. The minimum Gasteiger partial charge on any atom is -0.459 e. The summed E-state index contributed by atoms with van der Waals surface area (Å²) < 4.78 is 16.8. The SMILES string of the molecule is CCCCOC1CCC(OC(=O)c2ccc(C=CC(=O)OCc3cc(N)ccc3N)cc2)CC1. The van der Waals surface area contributed by atoms with Crippen molar-refractivity contribution in [1.29, 1.82) is 0 Å². The Bertz CT molecular complexity index is 979. The van der Waals surface area contributed by atoms with Gasteiger partial charge in [-0.15, -0.1) is 0 Å². The molecule has 7 nitrogen and oxygen atoms in total. The summed E-state index contributed by atoms with van der Waals surface area (Å²) in [5.74, 6) is -0.829. The molecule has 0 bridgehead atoms. The van der Waals surface area contributed by atoms with Gasteiger partial charge in [0.15, 0.2) is 0 Å². The standard InChI is InChI=1S/C27H34N2O5/c1-2-3-16-32-23-10-12-24(13-11-23)34-27(31)20-7-4-19(5-8-20)6-15-26(30)33-18-21-17-22(28)9-14-25(21)29/h4-9,14-15,17,23-24H,2-3,10-13,16,18,28-29H2,1H3. The number of unbranched alkanes of at least 4 members (excludes halogenated alkanes) is 1. The average Bonchev–Trinajstić information content (AvgIpc) is 2.85. The van der Waals surface area contributed by atoms with E-state index in [-0.39, 0.29) is 24.8 Å². The lowest BCUT2D eigenvalue weighted by atomic mass is 9.95. The molecule has 1 fully saturated rings. The molecule has 1 saturated carbocycles. The van der Waals surface area contributed by atoms with E-state index in [0.29, 0.717) is 22.5 Å². The summed E-state index contributed by atoms with van der Waals surface area (Å²) >= 11 is 0. The minimum absolute atomic E-state index is 0.0393. The number of hydrogen-bond donors (Lipinski definition) is 2. The third-order valence-corrected chi connectivity index (χ3v) is 5.84. The Balaban J connectivity index is 1.42. The lowest BCUT2D eigenvalue weighted by molar-refractivity contribution is -0.138. The number of carbonyl (C=O) groups is 2. The van der Waals surface area contributed by atoms with Crippen molar-refractivity contribution in [2.75, 3.05) is 18.1 Å². The molecule has 0 radical (unpaired) electrons. The normalized spacial score (nSPS) is 18.0. The van der Waals surface area contributed by atoms with Crippen LogP contribution in [0.3, 0.4) is 0 Å². The van der Waals surface area contributed by atoms with Gasteiger partial charge in [-0.05, 0) is 74.1 Å². The third-order valence-electron chi connectivity index (χ3n) is 5.84. The molecule has 2 aromatic rings. The Morgan fingerprint density at radius 3 is 2.41 bits per heavy atom. The molecule has 0 amide bonds. The van der Waals surface area contributed by atoms with Crippen molar-refractivity contribution in [3.63, 3.8) is 0 Å². The van der Waals surface area contributed by atoms with Crippen LogP contribution in [0.15, 0.2) is 48.5 Å². The molecule has 3 rings (SSSR count). The van der Waals surface area contributed by atoms with Crippen molar-refractivity contribution in [1.82, 2.24) is 0 Å². The molecule has 0 unspecified atom stereocenters. The first kappa shape index (κ1) is 25.3. The van der Waals surface area contributed by atoms with E-state index in [1.165, 1.54) is 6.08 Å². The number of rotatable bonds is 10. The second kappa shape index (κ2) is 12.8. The Labute approximate surface area is 201 Å². The van der Waals surface area contributed by atoms with Gasteiger partial charge in [0.05, 0.1) is 11.7 Å². The fourth-order valence-electron chi connectivity index (χ4n) is 3.77. The first-order chi connectivity index (χ1) is 16.4. The van der Waals surface area contributed by atoms with Gasteiger partial charge in [0.1, 0.15) is 12.7 Å². The van der Waals surface area contributed by atoms with Crippen LogP contribution < -0.4 is 11.5 Å². The zero-order chi connectivity index (χ0) is 24.3. The monoisotopic (exact) mass is 466 g/mol. The van der Waals surface area contributed by atoms with Gasteiger partial charge in [0.25, 0.3) is 0 Å². The van der Waals surface area contributed by atoms with Gasteiger partial charge >= 0.3 is 11.9 Å². The molecule has 0 heterocycles. The smallest absolute Gasteiger partial charge is 0.338 e. The maximum Gasteiger partial charge on any atom is 0.338 e. The van der Waals surface area contributed by atoms with E-state index >= 15 is 0 Å². The maximum atomic E-state index is 12.5. The van der Waals surface area contributed by atoms with Crippen LogP contribution in [0.2, 0.25) is 0 Å². The lowest BCUT2D eigenvalue weighted by Crippen LogP contribution is -2.28. The minimum atomic E-state index is -0.500. The second-order valence-electron chi connectivity index (χ2n) is 8.55. The summed E-state index contributed by atoms with van der Waals surface area (Å²) in [5, 5.41) is 0. The Morgan fingerprint density at radius 2 is 1.71 bits per heavy atom. The third kappa shape index (κ3) is 7.92. The molecular formula is C27H34N2O5. The van der Waals surface area contributed by atoms with E-state index in [1.807, 2.05) is 0 Å². The molecule has 0 atom stereocenters. The predicted molar refractivity (Wildman–Crippen MR) is 133 cm³/mol. The van der Waals surface area contributed by atoms with Gasteiger partial charge in [-0.2, -0.15) is 0 Å². The number of nitrogen functional groups attached to an aromatic ring is 2. The Kier molecular flexibility index (Phi) is 9.52. The molecule has 2 aromatic carbocycles. The highest BCUT2D eigenvalue weighted by Gasteiger charge is 2.24. The van der Waals surface area contributed by atoms with Crippen molar-refractivity contribution >= 4 is 29.4 Å². The maximum absolute atomic E-state index is 12.5. The number of esters is 2. The molecule has 0 spiro atoms. The van der Waals surface area contributed by atoms with E-state index in [0.717, 1.165) is 50.7 Å². The topological polar surface area (TPSA) is 114 Å². The molecule has 0 aromatic heterocycles. The largest absolute Gasteiger partial charge is 0.459 e. The van der Waals surface area contributed by atoms with Crippen LogP contribution in [0.25, 0.3) is 6.08 Å². The van der Waals surface area contributed by atoms with E-state index < -0.39 is 5.97 Å². The molecular weight excluding hydrogens is 432 g/mol.